The summed E-state index contributed by atoms with van der Waals surface area (Å²) in [5.41, 5.74) is 4.66. The van der Waals surface area contributed by atoms with E-state index in [0.29, 0.717) is 41.9 Å². The van der Waals surface area contributed by atoms with Gasteiger partial charge in [0.15, 0.2) is 0 Å². The van der Waals surface area contributed by atoms with E-state index >= 15 is 0 Å². The van der Waals surface area contributed by atoms with Gasteiger partial charge in [-0.05, 0) is 89.3 Å². The van der Waals surface area contributed by atoms with Gasteiger partial charge in [-0.3, -0.25) is 9.78 Å². The zero-order chi connectivity index (χ0) is 22.1. The van der Waals surface area contributed by atoms with E-state index in [9.17, 15) is 9.59 Å². The standard InChI is InChI=1S/C24H25BrCl2N2O2/c1-14(30)2-5-21(31)29-8-6-15(7-9-29)23-22-16(11-19(26)12-20(22)27)3-4-17-10-18(25)13-28-24(17)23/h10-13,15,23H,2-9H2,1H3. The lowest BCUT2D eigenvalue weighted by Crippen LogP contribution is -2.40. The Morgan fingerprint density at radius 3 is 2.52 bits per heavy atom. The van der Waals surface area contributed by atoms with Crippen LogP contribution in [-0.2, 0) is 22.4 Å². The van der Waals surface area contributed by atoms with Crippen LogP contribution in [0.3, 0.4) is 0 Å². The molecule has 4 nitrogen and oxygen atoms in total. The number of ketones is 1. The predicted octanol–water partition coefficient (Wildman–Crippen LogP) is 5.99. The number of rotatable bonds is 4. The monoisotopic (exact) mass is 522 g/mol. The number of halogens is 3. The van der Waals surface area contributed by atoms with E-state index in [1.54, 1.807) is 0 Å². The summed E-state index contributed by atoms with van der Waals surface area (Å²) in [7, 11) is 0. The number of pyridine rings is 1. The molecule has 0 bridgehead atoms. The molecule has 1 atom stereocenters. The lowest BCUT2D eigenvalue weighted by atomic mass is 9.76. The summed E-state index contributed by atoms with van der Waals surface area (Å²) in [6.07, 6.45) is 6.01. The number of benzene rings is 1. The van der Waals surface area contributed by atoms with Crippen LogP contribution in [0.1, 0.15) is 60.9 Å². The van der Waals surface area contributed by atoms with Crippen LogP contribution >= 0.6 is 39.1 Å². The average Bonchev–Trinajstić information content (AvgIpc) is 2.89. The number of Topliss-reactive ketones (excluding diaryl/α,β-unsaturated/α-hetero) is 1. The van der Waals surface area contributed by atoms with Gasteiger partial charge < -0.3 is 9.69 Å². The van der Waals surface area contributed by atoms with Crippen molar-refractivity contribution in [2.24, 2.45) is 5.92 Å². The number of hydrogen-bond acceptors (Lipinski definition) is 3. The summed E-state index contributed by atoms with van der Waals surface area (Å²) in [6, 6.07) is 6.04. The zero-order valence-electron chi connectivity index (χ0n) is 17.5. The van der Waals surface area contributed by atoms with Crippen molar-refractivity contribution >= 4 is 50.8 Å². The Kier molecular flexibility index (Phi) is 7.04. The maximum Gasteiger partial charge on any atom is 0.223 e. The molecule has 164 valence electrons. The second-order valence-electron chi connectivity index (χ2n) is 8.56. The quantitative estimate of drug-likeness (QED) is 0.494. The van der Waals surface area contributed by atoms with Gasteiger partial charge >= 0.3 is 0 Å². The molecular formula is C24H25BrCl2N2O2. The summed E-state index contributed by atoms with van der Waals surface area (Å²) >= 11 is 16.7. The summed E-state index contributed by atoms with van der Waals surface area (Å²) < 4.78 is 0.978. The predicted molar refractivity (Wildman–Crippen MR) is 127 cm³/mol. The van der Waals surface area contributed by atoms with Crippen molar-refractivity contribution in [2.75, 3.05) is 13.1 Å². The molecule has 1 unspecified atom stereocenters. The van der Waals surface area contributed by atoms with Crippen LogP contribution in [0.15, 0.2) is 28.9 Å². The Morgan fingerprint density at radius 2 is 1.81 bits per heavy atom. The first-order valence-corrected chi connectivity index (χ1v) is 12.3. The number of aryl methyl sites for hydroxylation is 2. The second-order valence-corrected chi connectivity index (χ2v) is 10.3. The molecule has 4 rings (SSSR count). The molecule has 1 aliphatic heterocycles. The van der Waals surface area contributed by atoms with Crippen molar-refractivity contribution in [3.63, 3.8) is 0 Å². The third-order valence-corrected chi connectivity index (χ3v) is 7.44. The van der Waals surface area contributed by atoms with Crippen LogP contribution in [0.25, 0.3) is 0 Å². The van der Waals surface area contributed by atoms with Crippen molar-refractivity contribution in [3.8, 4) is 0 Å². The maximum absolute atomic E-state index is 12.5. The fourth-order valence-corrected chi connectivity index (χ4v) is 5.99. The van der Waals surface area contributed by atoms with Crippen molar-refractivity contribution in [1.29, 1.82) is 0 Å². The van der Waals surface area contributed by atoms with Crippen LogP contribution in [-0.4, -0.2) is 34.7 Å². The van der Waals surface area contributed by atoms with Gasteiger partial charge in [0.25, 0.3) is 0 Å². The van der Waals surface area contributed by atoms with Crippen LogP contribution in [0.5, 0.6) is 0 Å². The number of piperidine rings is 1. The SMILES string of the molecule is CC(=O)CCC(=O)N1CCC(C2c3ncc(Br)cc3CCc3cc(Cl)cc(Cl)c32)CC1. The topological polar surface area (TPSA) is 50.3 Å². The third-order valence-electron chi connectivity index (χ3n) is 6.47. The van der Waals surface area contributed by atoms with Crippen molar-refractivity contribution < 1.29 is 9.59 Å². The maximum atomic E-state index is 12.5. The Balaban J connectivity index is 1.64. The molecular weight excluding hydrogens is 499 g/mol. The Morgan fingerprint density at radius 1 is 1.10 bits per heavy atom. The van der Waals surface area contributed by atoms with Crippen LogP contribution in [0.2, 0.25) is 10.0 Å². The fraction of sp³-hybridized carbons (Fsp3) is 0.458. The molecule has 1 aromatic heterocycles. The number of likely N-dealkylation sites (tertiary alicyclic amines) is 1. The van der Waals surface area contributed by atoms with E-state index in [2.05, 4.69) is 22.0 Å². The normalized spacial score (nSPS) is 18.8. The molecule has 1 amide bonds. The molecule has 2 aliphatic rings. The molecule has 0 saturated carbocycles. The van der Waals surface area contributed by atoms with Gasteiger partial charge in [-0.1, -0.05) is 23.2 Å². The smallest absolute Gasteiger partial charge is 0.223 e. The minimum absolute atomic E-state index is 0.0560. The van der Waals surface area contributed by atoms with Crippen LogP contribution < -0.4 is 0 Å². The second kappa shape index (κ2) is 9.60. The molecule has 0 spiro atoms. The lowest BCUT2D eigenvalue weighted by molar-refractivity contribution is -0.134. The highest BCUT2D eigenvalue weighted by molar-refractivity contribution is 9.10. The van der Waals surface area contributed by atoms with Gasteiger partial charge in [0.05, 0.1) is 5.69 Å². The van der Waals surface area contributed by atoms with E-state index in [1.165, 1.54) is 18.1 Å². The lowest BCUT2D eigenvalue weighted by Gasteiger charge is -2.37. The molecule has 1 fully saturated rings. The van der Waals surface area contributed by atoms with Crippen LogP contribution in [0.4, 0.5) is 0 Å². The highest BCUT2D eigenvalue weighted by atomic mass is 79.9. The number of carbonyl (C=O) groups excluding carboxylic acids is 2. The van der Waals surface area contributed by atoms with Crippen molar-refractivity contribution in [1.82, 2.24) is 9.88 Å². The molecule has 1 aliphatic carbocycles. The van der Waals surface area contributed by atoms with Crippen molar-refractivity contribution in [3.05, 3.63) is 61.3 Å². The number of amides is 1. The van der Waals surface area contributed by atoms with E-state index < -0.39 is 0 Å². The van der Waals surface area contributed by atoms with E-state index in [4.69, 9.17) is 28.2 Å². The van der Waals surface area contributed by atoms with Crippen LogP contribution in [0, 0.1) is 5.92 Å². The summed E-state index contributed by atoms with van der Waals surface area (Å²) in [5.74, 6) is 0.544. The van der Waals surface area contributed by atoms with Gasteiger partial charge in [-0.25, -0.2) is 0 Å². The third kappa shape index (κ3) is 4.99. The molecule has 1 aromatic carbocycles. The van der Waals surface area contributed by atoms with Gasteiger partial charge in [0.2, 0.25) is 5.91 Å². The molecule has 0 radical (unpaired) electrons. The molecule has 2 heterocycles. The molecule has 7 heteroatoms. The minimum atomic E-state index is 0.0560. The number of carbonyl (C=O) groups is 2. The first-order valence-electron chi connectivity index (χ1n) is 10.7. The van der Waals surface area contributed by atoms with E-state index in [0.717, 1.165) is 41.4 Å². The highest BCUT2D eigenvalue weighted by Crippen LogP contribution is 2.46. The fourth-order valence-electron chi connectivity index (χ4n) is 4.95. The molecule has 31 heavy (non-hydrogen) atoms. The number of hydrogen-bond donors (Lipinski definition) is 0. The van der Waals surface area contributed by atoms with Gasteiger partial charge in [-0.2, -0.15) is 0 Å². The van der Waals surface area contributed by atoms with E-state index in [-0.39, 0.29) is 17.6 Å². The van der Waals surface area contributed by atoms with Crippen molar-refractivity contribution in [2.45, 2.75) is 51.4 Å². The van der Waals surface area contributed by atoms with Gasteiger partial charge in [-0.15, -0.1) is 0 Å². The Hall–Kier alpha value is -1.43. The number of fused-ring (bicyclic) bond motifs is 2. The molecule has 0 N–H and O–H groups in total. The first-order chi connectivity index (χ1) is 14.8. The number of aromatic nitrogens is 1. The first kappa shape index (κ1) is 22.8. The van der Waals surface area contributed by atoms with E-state index in [1.807, 2.05) is 23.2 Å². The Labute approximate surface area is 201 Å². The summed E-state index contributed by atoms with van der Waals surface area (Å²) in [6.45, 7) is 2.93. The minimum Gasteiger partial charge on any atom is -0.343 e. The summed E-state index contributed by atoms with van der Waals surface area (Å²) in [4.78, 5) is 30.5. The van der Waals surface area contributed by atoms with Gasteiger partial charge in [0, 0.05) is 52.6 Å². The molecule has 1 saturated heterocycles. The largest absolute Gasteiger partial charge is 0.343 e. The summed E-state index contributed by atoms with van der Waals surface area (Å²) in [5, 5.41) is 1.36. The number of nitrogens with zero attached hydrogens (tertiary/aromatic N) is 2. The average molecular weight is 524 g/mol. The molecule has 2 aromatic rings. The van der Waals surface area contributed by atoms with Gasteiger partial charge in [0.1, 0.15) is 5.78 Å². The zero-order valence-corrected chi connectivity index (χ0v) is 20.6. The Bertz CT molecular complexity index is 1020. The highest BCUT2D eigenvalue weighted by Gasteiger charge is 2.36.